The lowest BCUT2D eigenvalue weighted by molar-refractivity contribution is 0.134. The van der Waals surface area contributed by atoms with Crippen molar-refractivity contribution in [3.05, 3.63) is 70.8 Å². The molecular formula is C15H12F2O. The van der Waals surface area contributed by atoms with Gasteiger partial charge < -0.3 is 5.11 Å². The molecule has 0 spiro atoms. The smallest absolute Gasteiger partial charge is 0.126 e. The molecule has 0 aromatic heterocycles. The zero-order chi connectivity index (χ0) is 12.7. The SMILES string of the molecule is OC(c1cc(F)cc(F)c1)C1Cc2ccccc21. The normalized spacial score (nSPS) is 18.9. The number of rotatable bonds is 2. The van der Waals surface area contributed by atoms with Crippen molar-refractivity contribution in [2.45, 2.75) is 18.4 Å². The van der Waals surface area contributed by atoms with Crippen molar-refractivity contribution in [2.24, 2.45) is 0 Å². The first-order valence-electron chi connectivity index (χ1n) is 5.87. The number of aliphatic hydroxyl groups is 1. The molecule has 0 amide bonds. The molecule has 2 unspecified atom stereocenters. The van der Waals surface area contributed by atoms with Gasteiger partial charge in [0, 0.05) is 12.0 Å². The van der Waals surface area contributed by atoms with Gasteiger partial charge in [-0.3, -0.25) is 0 Å². The van der Waals surface area contributed by atoms with Crippen LogP contribution < -0.4 is 0 Å². The van der Waals surface area contributed by atoms with Crippen LogP contribution in [0.2, 0.25) is 0 Å². The monoisotopic (exact) mass is 246 g/mol. The molecule has 0 saturated heterocycles. The van der Waals surface area contributed by atoms with E-state index in [0.29, 0.717) is 5.56 Å². The highest BCUT2D eigenvalue weighted by atomic mass is 19.1. The minimum absolute atomic E-state index is 0.0672. The molecule has 1 aliphatic carbocycles. The molecule has 1 nitrogen and oxygen atoms in total. The van der Waals surface area contributed by atoms with Crippen LogP contribution in [0, 0.1) is 11.6 Å². The Bertz CT molecular complexity index is 575. The second kappa shape index (κ2) is 4.18. The highest BCUT2D eigenvalue weighted by Crippen LogP contribution is 2.43. The van der Waals surface area contributed by atoms with E-state index in [2.05, 4.69) is 0 Å². The zero-order valence-corrected chi connectivity index (χ0v) is 9.61. The van der Waals surface area contributed by atoms with Gasteiger partial charge in [-0.15, -0.1) is 0 Å². The fourth-order valence-electron chi connectivity index (χ4n) is 2.56. The van der Waals surface area contributed by atoms with Crippen LogP contribution in [0.3, 0.4) is 0 Å². The van der Waals surface area contributed by atoms with E-state index in [1.807, 2.05) is 24.3 Å². The molecule has 3 heteroatoms. The average molecular weight is 246 g/mol. The third-order valence-corrected chi connectivity index (χ3v) is 3.50. The molecule has 2 aromatic carbocycles. The van der Waals surface area contributed by atoms with Gasteiger partial charge in [-0.25, -0.2) is 8.78 Å². The van der Waals surface area contributed by atoms with Crippen molar-refractivity contribution >= 4 is 0 Å². The second-order valence-corrected chi connectivity index (χ2v) is 4.66. The fourth-order valence-corrected chi connectivity index (χ4v) is 2.56. The zero-order valence-electron chi connectivity index (χ0n) is 9.61. The molecular weight excluding hydrogens is 234 g/mol. The molecule has 1 N–H and O–H groups in total. The van der Waals surface area contributed by atoms with Gasteiger partial charge in [0.05, 0.1) is 6.10 Å². The van der Waals surface area contributed by atoms with Gasteiger partial charge in [-0.1, -0.05) is 24.3 Å². The van der Waals surface area contributed by atoms with Crippen LogP contribution >= 0.6 is 0 Å². The van der Waals surface area contributed by atoms with E-state index in [1.54, 1.807) is 0 Å². The third kappa shape index (κ3) is 1.81. The van der Waals surface area contributed by atoms with Crippen molar-refractivity contribution in [2.75, 3.05) is 0 Å². The topological polar surface area (TPSA) is 20.2 Å². The van der Waals surface area contributed by atoms with Gasteiger partial charge >= 0.3 is 0 Å². The maximum Gasteiger partial charge on any atom is 0.126 e. The van der Waals surface area contributed by atoms with E-state index < -0.39 is 17.7 Å². The maximum absolute atomic E-state index is 13.1. The van der Waals surface area contributed by atoms with Crippen LogP contribution in [-0.4, -0.2) is 5.11 Å². The summed E-state index contributed by atoms with van der Waals surface area (Å²) in [6.07, 6.45) is -0.111. The van der Waals surface area contributed by atoms with Crippen LogP contribution in [0.25, 0.3) is 0 Å². The molecule has 18 heavy (non-hydrogen) atoms. The fraction of sp³-hybridized carbons (Fsp3) is 0.200. The van der Waals surface area contributed by atoms with E-state index in [9.17, 15) is 13.9 Å². The van der Waals surface area contributed by atoms with E-state index in [1.165, 1.54) is 17.7 Å². The summed E-state index contributed by atoms with van der Waals surface area (Å²) < 4.78 is 26.2. The summed E-state index contributed by atoms with van der Waals surface area (Å²) in [6.45, 7) is 0. The first kappa shape index (κ1) is 11.4. The summed E-state index contributed by atoms with van der Waals surface area (Å²) in [5.41, 5.74) is 2.56. The molecule has 0 aliphatic heterocycles. The van der Waals surface area contributed by atoms with Crippen molar-refractivity contribution in [3.63, 3.8) is 0 Å². The Morgan fingerprint density at radius 2 is 1.72 bits per heavy atom. The summed E-state index contributed by atoms with van der Waals surface area (Å²) in [7, 11) is 0. The molecule has 92 valence electrons. The van der Waals surface area contributed by atoms with Crippen LogP contribution in [-0.2, 0) is 6.42 Å². The van der Waals surface area contributed by atoms with Gasteiger partial charge in [0.2, 0.25) is 0 Å². The van der Waals surface area contributed by atoms with Gasteiger partial charge in [0.25, 0.3) is 0 Å². The first-order valence-corrected chi connectivity index (χ1v) is 5.87. The van der Waals surface area contributed by atoms with Crippen molar-refractivity contribution < 1.29 is 13.9 Å². The molecule has 0 fully saturated rings. The Kier molecular flexibility index (Phi) is 2.63. The largest absolute Gasteiger partial charge is 0.388 e. The standard InChI is InChI=1S/C15H12F2O/c16-11-5-10(6-12(17)8-11)15(18)14-7-9-3-1-2-4-13(9)14/h1-6,8,14-15,18H,7H2. The molecule has 0 saturated carbocycles. The Balaban J connectivity index is 1.91. The number of fused-ring (bicyclic) bond motifs is 1. The second-order valence-electron chi connectivity index (χ2n) is 4.66. The summed E-state index contributed by atoms with van der Waals surface area (Å²) >= 11 is 0. The number of benzene rings is 2. The Hall–Kier alpha value is -1.74. The summed E-state index contributed by atoms with van der Waals surface area (Å²) in [4.78, 5) is 0. The molecule has 0 bridgehead atoms. The highest BCUT2D eigenvalue weighted by Gasteiger charge is 2.32. The minimum atomic E-state index is -0.856. The van der Waals surface area contributed by atoms with Crippen LogP contribution in [0.15, 0.2) is 42.5 Å². The summed E-state index contributed by atoms with van der Waals surface area (Å²) in [5, 5.41) is 10.2. The quantitative estimate of drug-likeness (QED) is 0.861. The van der Waals surface area contributed by atoms with E-state index in [-0.39, 0.29) is 5.92 Å². The van der Waals surface area contributed by atoms with Gasteiger partial charge in [0.1, 0.15) is 11.6 Å². The van der Waals surface area contributed by atoms with E-state index >= 15 is 0 Å². The van der Waals surface area contributed by atoms with Gasteiger partial charge in [-0.2, -0.15) is 0 Å². The first-order chi connectivity index (χ1) is 8.65. The minimum Gasteiger partial charge on any atom is -0.388 e. The highest BCUT2D eigenvalue weighted by molar-refractivity contribution is 5.42. The molecule has 0 heterocycles. The Morgan fingerprint density at radius 3 is 2.39 bits per heavy atom. The molecule has 2 aromatic rings. The van der Waals surface area contributed by atoms with Gasteiger partial charge in [-0.05, 0) is 35.2 Å². The van der Waals surface area contributed by atoms with E-state index in [4.69, 9.17) is 0 Å². The number of halogens is 2. The van der Waals surface area contributed by atoms with E-state index in [0.717, 1.165) is 18.1 Å². The summed E-state index contributed by atoms with van der Waals surface area (Å²) in [5.74, 6) is -1.38. The predicted octanol–water partition coefficient (Wildman–Crippen LogP) is 3.34. The van der Waals surface area contributed by atoms with Crippen LogP contribution in [0.1, 0.15) is 28.7 Å². The lowest BCUT2D eigenvalue weighted by Gasteiger charge is -2.34. The molecule has 0 radical (unpaired) electrons. The predicted molar refractivity (Wildman–Crippen MR) is 64.2 cm³/mol. The lowest BCUT2D eigenvalue weighted by Crippen LogP contribution is -2.23. The molecule has 3 rings (SSSR count). The van der Waals surface area contributed by atoms with Crippen molar-refractivity contribution in [3.8, 4) is 0 Å². The number of hydrogen-bond acceptors (Lipinski definition) is 1. The van der Waals surface area contributed by atoms with Crippen LogP contribution in [0.5, 0.6) is 0 Å². The van der Waals surface area contributed by atoms with Crippen molar-refractivity contribution in [1.82, 2.24) is 0 Å². The number of aliphatic hydroxyl groups excluding tert-OH is 1. The van der Waals surface area contributed by atoms with Gasteiger partial charge in [0.15, 0.2) is 0 Å². The molecule has 1 aliphatic rings. The molecule has 2 atom stereocenters. The Labute approximate surface area is 104 Å². The summed E-state index contributed by atoms with van der Waals surface area (Å²) in [6, 6.07) is 11.0. The van der Waals surface area contributed by atoms with Crippen molar-refractivity contribution in [1.29, 1.82) is 0 Å². The third-order valence-electron chi connectivity index (χ3n) is 3.50. The number of hydrogen-bond donors (Lipinski definition) is 1. The van der Waals surface area contributed by atoms with Crippen LogP contribution in [0.4, 0.5) is 8.78 Å². The average Bonchev–Trinajstić information content (AvgIpc) is 2.29. The maximum atomic E-state index is 13.1. The Morgan fingerprint density at radius 1 is 1.06 bits per heavy atom. The lowest BCUT2D eigenvalue weighted by atomic mass is 9.73.